The fourth-order valence-corrected chi connectivity index (χ4v) is 3.11. The summed E-state index contributed by atoms with van der Waals surface area (Å²) < 4.78 is 38.2. The van der Waals surface area contributed by atoms with Crippen molar-refractivity contribution in [3.8, 4) is 0 Å². The molecule has 0 unspecified atom stereocenters. The predicted octanol–water partition coefficient (Wildman–Crippen LogP) is 4.06. The van der Waals surface area contributed by atoms with Crippen molar-refractivity contribution < 1.29 is 22.8 Å². The number of alkyl halides is 3. The van der Waals surface area contributed by atoms with Gasteiger partial charge in [0.1, 0.15) is 0 Å². The normalized spacial score (nSPS) is 15.6. The highest BCUT2D eigenvalue weighted by molar-refractivity contribution is 8.04. The van der Waals surface area contributed by atoms with E-state index in [1.807, 2.05) is 0 Å². The standard InChI is InChI=1S/C17H17F3N2O2S/c1-4-22(9-10(2)3)15(23)8-14-16(24)21-12-7-11(17(18,19)20)5-6-13(12)25-14/h5-8H,2,4,9H2,1,3H3,(H,21,24). The van der Waals surface area contributed by atoms with Gasteiger partial charge in [0.15, 0.2) is 0 Å². The van der Waals surface area contributed by atoms with Crippen molar-refractivity contribution in [2.45, 2.75) is 24.9 Å². The third kappa shape index (κ3) is 4.66. The molecule has 2 rings (SSSR count). The van der Waals surface area contributed by atoms with Crippen LogP contribution in [-0.2, 0) is 15.8 Å². The van der Waals surface area contributed by atoms with Crippen molar-refractivity contribution in [2.75, 3.05) is 18.4 Å². The number of halogens is 3. The minimum Gasteiger partial charge on any atom is -0.335 e. The van der Waals surface area contributed by atoms with Crippen molar-refractivity contribution in [1.82, 2.24) is 4.90 Å². The number of benzene rings is 1. The molecule has 0 aromatic heterocycles. The molecule has 2 amide bonds. The Kier molecular flexibility index (Phi) is 5.62. The van der Waals surface area contributed by atoms with E-state index in [1.165, 1.54) is 17.0 Å². The number of rotatable bonds is 4. The van der Waals surface area contributed by atoms with Gasteiger partial charge in [0, 0.05) is 24.1 Å². The minimum absolute atomic E-state index is 0.0868. The van der Waals surface area contributed by atoms with Crippen LogP contribution in [0.5, 0.6) is 0 Å². The summed E-state index contributed by atoms with van der Waals surface area (Å²) >= 11 is 0.971. The van der Waals surface area contributed by atoms with Crippen molar-refractivity contribution in [3.63, 3.8) is 0 Å². The van der Waals surface area contributed by atoms with Crippen molar-refractivity contribution in [3.05, 3.63) is 46.9 Å². The molecule has 1 aromatic rings. The topological polar surface area (TPSA) is 49.4 Å². The number of nitrogens with one attached hydrogen (secondary N) is 1. The average Bonchev–Trinajstić information content (AvgIpc) is 2.51. The lowest BCUT2D eigenvalue weighted by Gasteiger charge is -2.22. The molecule has 0 saturated heterocycles. The van der Waals surface area contributed by atoms with Gasteiger partial charge in [0.05, 0.1) is 16.2 Å². The fourth-order valence-electron chi connectivity index (χ4n) is 2.21. The second kappa shape index (κ2) is 7.35. The summed E-state index contributed by atoms with van der Waals surface area (Å²) in [6.07, 6.45) is -3.28. The van der Waals surface area contributed by atoms with Crippen molar-refractivity contribution in [2.24, 2.45) is 0 Å². The number of likely N-dealkylation sites (N-methyl/N-ethyl adjacent to an activating group) is 1. The number of carbonyl (C=O) groups excluding carboxylic acids is 2. The van der Waals surface area contributed by atoms with E-state index >= 15 is 0 Å². The van der Waals surface area contributed by atoms with Gasteiger partial charge in [-0.15, -0.1) is 0 Å². The molecule has 1 N–H and O–H groups in total. The van der Waals surface area contributed by atoms with Gasteiger partial charge in [-0.2, -0.15) is 13.2 Å². The Balaban J connectivity index is 2.25. The maximum absolute atomic E-state index is 12.7. The molecule has 134 valence electrons. The van der Waals surface area contributed by atoms with E-state index in [-0.39, 0.29) is 16.5 Å². The molecule has 1 heterocycles. The van der Waals surface area contributed by atoms with Gasteiger partial charge in [-0.1, -0.05) is 23.9 Å². The molecule has 25 heavy (non-hydrogen) atoms. The zero-order valence-corrected chi connectivity index (χ0v) is 14.6. The first kappa shape index (κ1) is 19.1. The Morgan fingerprint density at radius 2 is 2.08 bits per heavy atom. The largest absolute Gasteiger partial charge is 0.416 e. The number of carbonyl (C=O) groups is 2. The lowest BCUT2D eigenvalue weighted by molar-refractivity contribution is -0.137. The number of hydrogen-bond donors (Lipinski definition) is 1. The van der Waals surface area contributed by atoms with Crippen LogP contribution in [0.15, 0.2) is 46.2 Å². The molecule has 0 atom stereocenters. The third-order valence-electron chi connectivity index (χ3n) is 3.41. The number of thioether (sulfide) groups is 1. The van der Waals surface area contributed by atoms with E-state index in [1.54, 1.807) is 13.8 Å². The SMILES string of the molecule is C=C(C)CN(CC)C(=O)C=C1Sc2ccc(C(F)(F)F)cc2NC1=O. The zero-order chi connectivity index (χ0) is 18.8. The quantitative estimate of drug-likeness (QED) is 0.642. The van der Waals surface area contributed by atoms with Gasteiger partial charge in [-0.3, -0.25) is 9.59 Å². The lowest BCUT2D eigenvalue weighted by Crippen LogP contribution is -2.31. The predicted molar refractivity (Wildman–Crippen MR) is 91.1 cm³/mol. The molecule has 4 nitrogen and oxygen atoms in total. The lowest BCUT2D eigenvalue weighted by atomic mass is 10.2. The Bertz CT molecular complexity index is 757. The first-order valence-electron chi connectivity index (χ1n) is 7.47. The molecule has 8 heteroatoms. The maximum atomic E-state index is 12.7. The van der Waals surface area contributed by atoms with Gasteiger partial charge in [-0.25, -0.2) is 0 Å². The highest BCUT2D eigenvalue weighted by Crippen LogP contribution is 2.41. The van der Waals surface area contributed by atoms with E-state index < -0.39 is 17.6 Å². The summed E-state index contributed by atoms with van der Waals surface area (Å²) in [5.74, 6) is -0.949. The van der Waals surface area contributed by atoms with Crippen molar-refractivity contribution in [1.29, 1.82) is 0 Å². The first-order valence-corrected chi connectivity index (χ1v) is 8.29. The van der Waals surface area contributed by atoms with Crippen LogP contribution in [0.4, 0.5) is 18.9 Å². The molecule has 1 aliphatic heterocycles. The highest BCUT2D eigenvalue weighted by Gasteiger charge is 2.32. The number of anilines is 1. The molecule has 0 spiro atoms. The van der Waals surface area contributed by atoms with E-state index in [0.29, 0.717) is 18.0 Å². The van der Waals surface area contributed by atoms with Crippen LogP contribution in [0.25, 0.3) is 0 Å². The van der Waals surface area contributed by atoms with Crippen LogP contribution < -0.4 is 5.32 Å². The molecule has 0 bridgehead atoms. The van der Waals surface area contributed by atoms with Crippen LogP contribution in [0.1, 0.15) is 19.4 Å². The summed E-state index contributed by atoms with van der Waals surface area (Å²) in [6.45, 7) is 8.18. The summed E-state index contributed by atoms with van der Waals surface area (Å²) in [7, 11) is 0. The second-order valence-corrected chi connectivity index (χ2v) is 6.67. The van der Waals surface area contributed by atoms with Crippen LogP contribution in [0.2, 0.25) is 0 Å². The Hall–Kier alpha value is -2.22. The molecule has 1 aromatic carbocycles. The summed E-state index contributed by atoms with van der Waals surface area (Å²) in [4.78, 5) is 26.5. The summed E-state index contributed by atoms with van der Waals surface area (Å²) in [6, 6.07) is 3.12. The van der Waals surface area contributed by atoms with Gasteiger partial charge >= 0.3 is 6.18 Å². The van der Waals surface area contributed by atoms with Crippen molar-refractivity contribution >= 4 is 29.3 Å². The zero-order valence-electron chi connectivity index (χ0n) is 13.7. The third-order valence-corrected chi connectivity index (χ3v) is 4.51. The summed E-state index contributed by atoms with van der Waals surface area (Å²) in [5.41, 5.74) is 0.0531. The number of fused-ring (bicyclic) bond motifs is 1. The Morgan fingerprint density at radius 1 is 1.40 bits per heavy atom. The Morgan fingerprint density at radius 3 is 2.64 bits per heavy atom. The maximum Gasteiger partial charge on any atom is 0.416 e. The molecular weight excluding hydrogens is 353 g/mol. The smallest absolute Gasteiger partial charge is 0.335 e. The molecule has 0 radical (unpaired) electrons. The van der Waals surface area contributed by atoms with E-state index in [2.05, 4.69) is 11.9 Å². The monoisotopic (exact) mass is 370 g/mol. The van der Waals surface area contributed by atoms with E-state index in [0.717, 1.165) is 29.5 Å². The first-order chi connectivity index (χ1) is 11.6. The molecule has 0 aliphatic carbocycles. The minimum atomic E-state index is -4.49. The highest BCUT2D eigenvalue weighted by atomic mass is 32.2. The van der Waals surface area contributed by atoms with Crippen LogP contribution in [0.3, 0.4) is 0 Å². The molecular formula is C17H17F3N2O2S. The average molecular weight is 370 g/mol. The second-order valence-electron chi connectivity index (χ2n) is 5.58. The van der Waals surface area contributed by atoms with E-state index in [4.69, 9.17) is 0 Å². The van der Waals surface area contributed by atoms with Gasteiger partial charge in [0.2, 0.25) is 5.91 Å². The number of nitrogens with zero attached hydrogens (tertiary/aromatic N) is 1. The summed E-state index contributed by atoms with van der Waals surface area (Å²) in [5, 5.41) is 2.41. The van der Waals surface area contributed by atoms with Gasteiger partial charge in [-0.05, 0) is 32.0 Å². The molecule has 0 fully saturated rings. The molecule has 0 saturated carbocycles. The van der Waals surface area contributed by atoms with Crippen LogP contribution >= 0.6 is 11.8 Å². The Labute approximate surface area is 147 Å². The van der Waals surface area contributed by atoms with E-state index in [9.17, 15) is 22.8 Å². The van der Waals surface area contributed by atoms with Crippen LogP contribution in [-0.4, -0.2) is 29.8 Å². The number of amides is 2. The molecule has 1 aliphatic rings. The fraction of sp³-hybridized carbons (Fsp3) is 0.294. The van der Waals surface area contributed by atoms with Gasteiger partial charge in [0.25, 0.3) is 5.91 Å². The van der Waals surface area contributed by atoms with Crippen LogP contribution in [0, 0.1) is 0 Å². The number of hydrogen-bond acceptors (Lipinski definition) is 3. The van der Waals surface area contributed by atoms with Gasteiger partial charge < -0.3 is 10.2 Å².